The molecule has 1 N–H and O–H groups in total. The number of rotatable bonds is 6. The molecule has 0 saturated heterocycles. The van der Waals surface area contributed by atoms with Crippen molar-refractivity contribution in [2.45, 2.75) is 47.1 Å². The van der Waals surface area contributed by atoms with E-state index >= 15 is 0 Å². The number of hydrogen-bond acceptors (Lipinski definition) is 2. The smallest absolute Gasteiger partial charge is 0.139 e. The van der Waals surface area contributed by atoms with Gasteiger partial charge in [0, 0.05) is 10.9 Å². The number of aryl methyl sites for hydroxylation is 1. The molecule has 0 aliphatic heterocycles. The van der Waals surface area contributed by atoms with Gasteiger partial charge >= 0.3 is 0 Å². The summed E-state index contributed by atoms with van der Waals surface area (Å²) in [6.45, 7) is 10.5. The van der Waals surface area contributed by atoms with Crippen LogP contribution < -0.4 is 5.32 Å². The summed E-state index contributed by atoms with van der Waals surface area (Å²) in [5.74, 6) is 1.62. The summed E-state index contributed by atoms with van der Waals surface area (Å²) >= 11 is 6.41. The maximum absolute atomic E-state index is 6.41. The lowest BCUT2D eigenvalue weighted by Gasteiger charge is -2.07. The summed E-state index contributed by atoms with van der Waals surface area (Å²) in [6.07, 6.45) is 2.12. The van der Waals surface area contributed by atoms with Crippen LogP contribution in [0.2, 0.25) is 5.02 Å². The van der Waals surface area contributed by atoms with Crippen molar-refractivity contribution in [1.29, 1.82) is 0 Å². The average molecular weight is 294 g/mol. The Morgan fingerprint density at radius 2 is 2.05 bits per heavy atom. The fraction of sp³-hybridized carbons (Fsp3) is 0.529. The minimum absolute atomic E-state index is 0.581. The van der Waals surface area contributed by atoms with E-state index in [2.05, 4.69) is 33.0 Å². The van der Waals surface area contributed by atoms with Gasteiger partial charge in [0.25, 0.3) is 0 Å². The molecular formula is C17H24ClNO. The third-order valence-corrected chi connectivity index (χ3v) is 3.81. The molecule has 2 aromatic rings. The van der Waals surface area contributed by atoms with Crippen molar-refractivity contribution in [3.05, 3.63) is 34.0 Å². The Balaban J connectivity index is 2.49. The maximum atomic E-state index is 6.41. The zero-order valence-electron chi connectivity index (χ0n) is 12.8. The van der Waals surface area contributed by atoms with Crippen LogP contribution in [0.1, 0.15) is 44.1 Å². The Kier molecular flexibility index (Phi) is 5.11. The number of hydrogen-bond donors (Lipinski definition) is 1. The molecule has 2 rings (SSSR count). The first-order valence-electron chi connectivity index (χ1n) is 7.44. The molecule has 0 fully saturated rings. The largest absolute Gasteiger partial charge is 0.459 e. The fourth-order valence-electron chi connectivity index (χ4n) is 2.55. The molecule has 0 aliphatic carbocycles. The van der Waals surface area contributed by atoms with Crippen LogP contribution in [0.25, 0.3) is 11.0 Å². The van der Waals surface area contributed by atoms with Gasteiger partial charge in [0.05, 0.1) is 11.6 Å². The molecule has 0 spiro atoms. The van der Waals surface area contributed by atoms with Gasteiger partial charge in [-0.2, -0.15) is 0 Å². The Hall–Kier alpha value is -0.990. The van der Waals surface area contributed by atoms with E-state index < -0.39 is 0 Å². The summed E-state index contributed by atoms with van der Waals surface area (Å²) in [5.41, 5.74) is 3.37. The Morgan fingerprint density at radius 1 is 1.30 bits per heavy atom. The van der Waals surface area contributed by atoms with Gasteiger partial charge in [-0.05, 0) is 43.9 Å². The molecule has 0 unspecified atom stereocenters. The van der Waals surface area contributed by atoms with Gasteiger partial charge < -0.3 is 9.73 Å². The first-order valence-corrected chi connectivity index (χ1v) is 7.82. The first kappa shape index (κ1) is 15.4. The van der Waals surface area contributed by atoms with Crippen LogP contribution in [0.3, 0.4) is 0 Å². The molecular weight excluding hydrogens is 270 g/mol. The predicted molar refractivity (Wildman–Crippen MR) is 86.5 cm³/mol. The summed E-state index contributed by atoms with van der Waals surface area (Å²) in [5, 5.41) is 5.33. The zero-order chi connectivity index (χ0) is 14.7. The summed E-state index contributed by atoms with van der Waals surface area (Å²) in [6, 6.07) is 4.00. The van der Waals surface area contributed by atoms with E-state index in [1.54, 1.807) is 0 Å². The summed E-state index contributed by atoms with van der Waals surface area (Å²) < 4.78 is 6.11. The van der Waals surface area contributed by atoms with Crippen LogP contribution in [-0.4, -0.2) is 6.54 Å². The van der Waals surface area contributed by atoms with Crippen molar-refractivity contribution >= 4 is 22.6 Å². The molecule has 0 amide bonds. The van der Waals surface area contributed by atoms with Crippen molar-refractivity contribution in [2.24, 2.45) is 5.92 Å². The SMILES string of the molecule is CCCNCc1oc2c(C)ccc(Cl)c2c1CC(C)C. The van der Waals surface area contributed by atoms with Crippen molar-refractivity contribution in [1.82, 2.24) is 5.32 Å². The van der Waals surface area contributed by atoms with Gasteiger partial charge in [-0.25, -0.2) is 0 Å². The number of fused-ring (bicyclic) bond motifs is 1. The predicted octanol–water partition coefficient (Wildman–Crippen LogP) is 5.09. The lowest BCUT2D eigenvalue weighted by atomic mass is 9.99. The van der Waals surface area contributed by atoms with Gasteiger partial charge in [-0.3, -0.25) is 0 Å². The highest BCUT2D eigenvalue weighted by atomic mass is 35.5. The van der Waals surface area contributed by atoms with Crippen molar-refractivity contribution < 1.29 is 4.42 Å². The third kappa shape index (κ3) is 3.18. The van der Waals surface area contributed by atoms with Gasteiger partial charge in [-0.15, -0.1) is 0 Å². The lowest BCUT2D eigenvalue weighted by Crippen LogP contribution is -2.14. The molecule has 0 radical (unpaired) electrons. The van der Waals surface area contributed by atoms with E-state index in [9.17, 15) is 0 Å². The Labute approximate surface area is 126 Å². The van der Waals surface area contributed by atoms with Crippen molar-refractivity contribution in [2.75, 3.05) is 6.54 Å². The van der Waals surface area contributed by atoms with Crippen LogP contribution in [0.15, 0.2) is 16.5 Å². The van der Waals surface area contributed by atoms with E-state index in [1.165, 1.54) is 5.56 Å². The fourth-order valence-corrected chi connectivity index (χ4v) is 2.81. The molecule has 1 aromatic heterocycles. The van der Waals surface area contributed by atoms with Crippen LogP contribution in [0.4, 0.5) is 0 Å². The quantitative estimate of drug-likeness (QED) is 0.750. The second-order valence-corrected chi connectivity index (χ2v) is 6.25. The highest BCUT2D eigenvalue weighted by Gasteiger charge is 2.18. The molecule has 0 atom stereocenters. The minimum atomic E-state index is 0.581. The standard InChI is InChI=1S/C17H24ClNO/c1-5-8-19-10-15-13(9-11(2)3)16-14(18)7-6-12(4)17(16)20-15/h6-7,11,19H,5,8-10H2,1-4H3. The van der Waals surface area contributed by atoms with Crippen LogP contribution >= 0.6 is 11.6 Å². The van der Waals surface area contributed by atoms with E-state index in [-0.39, 0.29) is 0 Å². The topological polar surface area (TPSA) is 25.2 Å². The zero-order valence-corrected chi connectivity index (χ0v) is 13.6. The lowest BCUT2D eigenvalue weighted by molar-refractivity contribution is 0.500. The van der Waals surface area contributed by atoms with Crippen molar-refractivity contribution in [3.63, 3.8) is 0 Å². The number of benzene rings is 1. The minimum Gasteiger partial charge on any atom is -0.459 e. The first-order chi connectivity index (χ1) is 9.54. The second-order valence-electron chi connectivity index (χ2n) is 5.85. The number of halogens is 1. The normalized spacial score (nSPS) is 11.7. The summed E-state index contributed by atoms with van der Waals surface area (Å²) in [4.78, 5) is 0. The monoisotopic (exact) mass is 293 g/mol. The number of furan rings is 1. The Bertz CT molecular complexity index is 586. The molecule has 1 aromatic carbocycles. The van der Waals surface area contributed by atoms with Crippen LogP contribution in [0, 0.1) is 12.8 Å². The highest BCUT2D eigenvalue weighted by Crippen LogP contribution is 2.35. The van der Waals surface area contributed by atoms with Crippen LogP contribution in [0.5, 0.6) is 0 Å². The van der Waals surface area contributed by atoms with Crippen molar-refractivity contribution in [3.8, 4) is 0 Å². The van der Waals surface area contributed by atoms with E-state index in [1.807, 2.05) is 12.1 Å². The number of nitrogens with one attached hydrogen (secondary N) is 1. The molecule has 0 aliphatic rings. The van der Waals surface area contributed by atoms with E-state index in [0.717, 1.165) is 53.2 Å². The molecule has 110 valence electrons. The van der Waals surface area contributed by atoms with E-state index in [4.69, 9.17) is 16.0 Å². The summed E-state index contributed by atoms with van der Waals surface area (Å²) in [7, 11) is 0. The molecule has 20 heavy (non-hydrogen) atoms. The van der Waals surface area contributed by atoms with Gasteiger partial charge in [-0.1, -0.05) is 38.4 Å². The Morgan fingerprint density at radius 3 is 2.70 bits per heavy atom. The molecule has 1 heterocycles. The third-order valence-electron chi connectivity index (χ3n) is 3.49. The van der Waals surface area contributed by atoms with E-state index in [0.29, 0.717) is 5.92 Å². The molecule has 0 saturated carbocycles. The second kappa shape index (κ2) is 6.64. The molecule has 3 heteroatoms. The van der Waals surface area contributed by atoms with Gasteiger partial charge in [0.2, 0.25) is 0 Å². The highest BCUT2D eigenvalue weighted by molar-refractivity contribution is 6.35. The molecule has 2 nitrogen and oxygen atoms in total. The van der Waals surface area contributed by atoms with Gasteiger partial charge in [0.15, 0.2) is 0 Å². The average Bonchev–Trinajstić information content (AvgIpc) is 2.74. The maximum Gasteiger partial charge on any atom is 0.139 e. The van der Waals surface area contributed by atoms with Gasteiger partial charge in [0.1, 0.15) is 11.3 Å². The van der Waals surface area contributed by atoms with Crippen LogP contribution in [-0.2, 0) is 13.0 Å². The molecule has 0 bridgehead atoms.